The third-order valence-electron chi connectivity index (χ3n) is 10.9. The molecule has 0 aromatic heterocycles. The molecule has 0 aliphatic carbocycles. The Balaban J connectivity index is 3.37. The Morgan fingerprint density at radius 1 is 0.472 bits per heavy atom. The topological polar surface area (TPSA) is 69.6 Å². The van der Waals surface area contributed by atoms with Gasteiger partial charge >= 0.3 is 0 Å². The normalized spacial score (nSPS) is 13.2. The monoisotopic (exact) mass is 744 g/mol. The maximum Gasteiger partial charge on any atom is 0.220 e. The molecule has 0 saturated heterocycles. The summed E-state index contributed by atoms with van der Waals surface area (Å²) in [5.41, 5.74) is 0. The van der Waals surface area contributed by atoms with Crippen LogP contribution in [0.15, 0.2) is 36.5 Å². The molecule has 0 fully saturated rings. The number of hydrogen-bond acceptors (Lipinski definition) is 3. The Morgan fingerprint density at radius 2 is 0.774 bits per heavy atom. The second-order valence-electron chi connectivity index (χ2n) is 16.2. The minimum absolute atomic E-state index is 0.0776. The molecule has 312 valence electrons. The van der Waals surface area contributed by atoms with Gasteiger partial charge in [0.15, 0.2) is 0 Å². The van der Waals surface area contributed by atoms with Crippen LogP contribution in [-0.2, 0) is 4.79 Å². The Bertz CT molecular complexity index is 806. The summed E-state index contributed by atoms with van der Waals surface area (Å²) in [6, 6.07) is -0.640. The number of aliphatic hydroxyl groups is 2. The van der Waals surface area contributed by atoms with Gasteiger partial charge in [-0.1, -0.05) is 242 Å². The van der Waals surface area contributed by atoms with Crippen molar-refractivity contribution in [3.8, 4) is 0 Å². The molecule has 1 amide bonds. The molecule has 0 aromatic carbocycles. The SMILES string of the molecule is C/C=C/CC/C=C/CC/C=C/C(O)C(CO)NC(=O)CCCCCCCCCCCCCCCCCCCCCCCCCCCCCCCCCC. The first-order valence-electron chi connectivity index (χ1n) is 23.7. The van der Waals surface area contributed by atoms with Crippen LogP contribution in [0.25, 0.3) is 0 Å². The summed E-state index contributed by atoms with van der Waals surface area (Å²) < 4.78 is 0. The first-order chi connectivity index (χ1) is 26.2. The van der Waals surface area contributed by atoms with Gasteiger partial charge in [-0.05, 0) is 39.0 Å². The highest BCUT2D eigenvalue weighted by atomic mass is 16.3. The molecule has 4 nitrogen and oxygen atoms in total. The summed E-state index contributed by atoms with van der Waals surface area (Å²) in [6.45, 7) is 4.08. The van der Waals surface area contributed by atoms with Gasteiger partial charge in [0.25, 0.3) is 0 Å². The predicted molar refractivity (Wildman–Crippen MR) is 235 cm³/mol. The number of carbonyl (C=O) groups excluding carboxylic acids is 1. The van der Waals surface area contributed by atoms with Gasteiger partial charge in [0.1, 0.15) is 0 Å². The Labute approximate surface area is 331 Å². The molecule has 4 heteroatoms. The molecule has 0 heterocycles. The average molecular weight is 744 g/mol. The van der Waals surface area contributed by atoms with Crippen molar-refractivity contribution in [2.45, 2.75) is 264 Å². The van der Waals surface area contributed by atoms with Crippen LogP contribution >= 0.6 is 0 Å². The lowest BCUT2D eigenvalue weighted by molar-refractivity contribution is -0.123. The van der Waals surface area contributed by atoms with Crippen LogP contribution in [0.1, 0.15) is 251 Å². The van der Waals surface area contributed by atoms with Gasteiger partial charge in [-0.25, -0.2) is 0 Å². The average Bonchev–Trinajstić information content (AvgIpc) is 3.16. The lowest BCUT2D eigenvalue weighted by Crippen LogP contribution is -2.45. The summed E-state index contributed by atoms with van der Waals surface area (Å²) in [7, 11) is 0. The molecular weight excluding hydrogens is 651 g/mol. The predicted octanol–water partition coefficient (Wildman–Crippen LogP) is 15.0. The number of carbonyl (C=O) groups is 1. The molecule has 0 bridgehead atoms. The zero-order valence-electron chi connectivity index (χ0n) is 35.8. The zero-order chi connectivity index (χ0) is 38.6. The third kappa shape index (κ3) is 41.6. The van der Waals surface area contributed by atoms with Gasteiger partial charge in [-0.15, -0.1) is 0 Å². The number of aliphatic hydroxyl groups excluding tert-OH is 2. The summed E-state index contributed by atoms with van der Waals surface area (Å²) in [5.74, 6) is -0.0776. The molecule has 0 radical (unpaired) electrons. The van der Waals surface area contributed by atoms with Crippen LogP contribution in [0.4, 0.5) is 0 Å². The number of nitrogens with one attached hydrogen (secondary N) is 1. The third-order valence-corrected chi connectivity index (χ3v) is 10.9. The van der Waals surface area contributed by atoms with Gasteiger partial charge < -0.3 is 15.5 Å². The summed E-state index contributed by atoms with van der Waals surface area (Å²) in [4.78, 5) is 12.3. The second-order valence-corrected chi connectivity index (χ2v) is 16.2. The number of hydrogen-bond donors (Lipinski definition) is 3. The highest BCUT2D eigenvalue weighted by Crippen LogP contribution is 2.17. The number of amides is 1. The van der Waals surface area contributed by atoms with Crippen LogP contribution in [-0.4, -0.2) is 34.9 Å². The van der Waals surface area contributed by atoms with E-state index < -0.39 is 12.1 Å². The molecule has 0 saturated carbocycles. The minimum atomic E-state index is -0.865. The largest absolute Gasteiger partial charge is 0.394 e. The fourth-order valence-corrected chi connectivity index (χ4v) is 7.34. The molecule has 0 aromatic rings. The molecule has 0 aliphatic rings. The Hall–Kier alpha value is -1.39. The van der Waals surface area contributed by atoms with Gasteiger partial charge in [0, 0.05) is 6.42 Å². The molecule has 0 rings (SSSR count). The van der Waals surface area contributed by atoms with Crippen LogP contribution in [0.3, 0.4) is 0 Å². The zero-order valence-corrected chi connectivity index (χ0v) is 35.8. The van der Waals surface area contributed by atoms with E-state index in [0.717, 1.165) is 38.5 Å². The van der Waals surface area contributed by atoms with Crippen molar-refractivity contribution in [2.75, 3.05) is 6.61 Å². The molecule has 2 atom stereocenters. The standard InChI is InChI=1S/C49H93NO3/c1-3-5-7-9-11-13-14-15-16-17-18-19-20-21-22-23-24-25-26-27-28-29-30-31-32-33-34-35-37-39-41-43-45-49(53)50-47(46-51)48(52)44-42-40-38-36-12-10-8-6-4-2/h4,6,12,36,42,44,47-48,51-52H,3,5,7-11,13-35,37-41,43,45-46H2,1-2H3,(H,50,53)/b6-4+,36-12+,44-42+. The van der Waals surface area contributed by atoms with Crippen LogP contribution in [0.2, 0.25) is 0 Å². The van der Waals surface area contributed by atoms with Crippen LogP contribution in [0, 0.1) is 0 Å². The van der Waals surface area contributed by atoms with Crippen LogP contribution in [0.5, 0.6) is 0 Å². The van der Waals surface area contributed by atoms with E-state index in [-0.39, 0.29) is 12.5 Å². The fraction of sp³-hybridized carbons (Fsp3) is 0.857. The van der Waals surface area contributed by atoms with Crippen LogP contribution < -0.4 is 5.32 Å². The van der Waals surface area contributed by atoms with Gasteiger partial charge in [0.05, 0.1) is 18.8 Å². The fourth-order valence-electron chi connectivity index (χ4n) is 7.34. The van der Waals surface area contributed by atoms with E-state index in [0.29, 0.717) is 6.42 Å². The highest BCUT2D eigenvalue weighted by molar-refractivity contribution is 5.76. The Morgan fingerprint density at radius 3 is 1.09 bits per heavy atom. The second kappa shape index (κ2) is 45.0. The minimum Gasteiger partial charge on any atom is -0.394 e. The number of unbranched alkanes of at least 4 members (excludes halogenated alkanes) is 33. The van der Waals surface area contributed by atoms with E-state index in [1.165, 1.54) is 193 Å². The van der Waals surface area contributed by atoms with Crippen molar-refractivity contribution in [3.63, 3.8) is 0 Å². The van der Waals surface area contributed by atoms with Gasteiger partial charge in [-0.2, -0.15) is 0 Å². The quantitative estimate of drug-likeness (QED) is 0.0430. The molecule has 0 aliphatic heterocycles. The van der Waals surface area contributed by atoms with E-state index in [2.05, 4.69) is 36.5 Å². The van der Waals surface area contributed by atoms with E-state index in [9.17, 15) is 15.0 Å². The molecule has 3 N–H and O–H groups in total. The summed E-state index contributed by atoms with van der Waals surface area (Å²) in [5, 5.41) is 22.8. The summed E-state index contributed by atoms with van der Waals surface area (Å²) in [6.07, 6.45) is 60.3. The first-order valence-corrected chi connectivity index (χ1v) is 23.7. The number of allylic oxidation sites excluding steroid dienone is 5. The van der Waals surface area contributed by atoms with Crippen molar-refractivity contribution in [2.24, 2.45) is 0 Å². The van der Waals surface area contributed by atoms with Gasteiger partial charge in [-0.3, -0.25) is 4.79 Å². The van der Waals surface area contributed by atoms with E-state index in [1.54, 1.807) is 6.08 Å². The maximum absolute atomic E-state index is 12.3. The highest BCUT2D eigenvalue weighted by Gasteiger charge is 2.17. The molecule has 53 heavy (non-hydrogen) atoms. The molecule has 0 spiro atoms. The molecule has 2 unspecified atom stereocenters. The Kier molecular flexibility index (Phi) is 43.8. The number of rotatable bonds is 43. The summed E-state index contributed by atoms with van der Waals surface area (Å²) >= 11 is 0. The first kappa shape index (κ1) is 51.6. The maximum atomic E-state index is 12.3. The van der Waals surface area contributed by atoms with E-state index >= 15 is 0 Å². The lowest BCUT2D eigenvalue weighted by Gasteiger charge is -2.19. The smallest absolute Gasteiger partial charge is 0.220 e. The van der Waals surface area contributed by atoms with Crippen molar-refractivity contribution < 1.29 is 15.0 Å². The van der Waals surface area contributed by atoms with Crippen molar-refractivity contribution >= 4 is 5.91 Å². The van der Waals surface area contributed by atoms with Crippen molar-refractivity contribution in [3.05, 3.63) is 36.5 Å². The lowest BCUT2D eigenvalue weighted by atomic mass is 10.0. The van der Waals surface area contributed by atoms with E-state index in [1.807, 2.05) is 13.0 Å². The van der Waals surface area contributed by atoms with E-state index in [4.69, 9.17) is 0 Å². The van der Waals surface area contributed by atoms with Crippen molar-refractivity contribution in [1.29, 1.82) is 0 Å². The molecular formula is C49H93NO3. The van der Waals surface area contributed by atoms with Gasteiger partial charge in [0.2, 0.25) is 5.91 Å². The van der Waals surface area contributed by atoms with Crippen molar-refractivity contribution in [1.82, 2.24) is 5.32 Å².